The Morgan fingerprint density at radius 3 is 2.74 bits per heavy atom. The molecule has 2 aromatic carbocycles. The third kappa shape index (κ3) is 4.68. The minimum absolute atomic E-state index is 0.286. The highest BCUT2D eigenvalue weighted by Gasteiger charge is 2.20. The molecule has 2 heterocycles. The normalized spacial score (nSPS) is 11.8. The van der Waals surface area contributed by atoms with Crippen LogP contribution in [0.1, 0.15) is 17.3 Å². The van der Waals surface area contributed by atoms with Crippen LogP contribution in [0.15, 0.2) is 60.9 Å². The number of hydrogen-bond acceptors (Lipinski definition) is 5. The number of aromatic nitrogens is 3. The van der Waals surface area contributed by atoms with Crippen LogP contribution < -0.4 is 5.32 Å². The molecule has 0 bridgehead atoms. The number of anilines is 1. The molecule has 1 unspecified atom stereocenters. The number of fused-ring (bicyclic) bond motifs is 1. The molecule has 1 atom stereocenters. The number of carbonyl (C=O) groups is 2. The van der Waals surface area contributed by atoms with Crippen molar-refractivity contribution < 1.29 is 14.3 Å². The first-order chi connectivity index (χ1) is 14.9. The van der Waals surface area contributed by atoms with Crippen LogP contribution in [0.4, 0.5) is 5.69 Å². The number of benzene rings is 2. The molecule has 0 spiro atoms. The minimum atomic E-state index is -1.05. The Hall–Kier alpha value is -3.42. The number of nitrogens with zero attached hydrogens (tertiary/aromatic N) is 2. The summed E-state index contributed by atoms with van der Waals surface area (Å²) in [5, 5.41) is 3.35. The summed E-state index contributed by atoms with van der Waals surface area (Å²) in [5.41, 5.74) is 2.80. The van der Waals surface area contributed by atoms with Crippen LogP contribution in [0.5, 0.6) is 0 Å². The fourth-order valence-corrected chi connectivity index (χ4v) is 3.22. The predicted molar refractivity (Wildman–Crippen MR) is 119 cm³/mol. The van der Waals surface area contributed by atoms with E-state index in [1.165, 1.54) is 13.0 Å². The summed E-state index contributed by atoms with van der Waals surface area (Å²) >= 11 is 12.0. The van der Waals surface area contributed by atoms with Crippen LogP contribution >= 0.6 is 23.2 Å². The number of halogens is 2. The number of hydrogen-bond donors (Lipinski definition) is 2. The minimum Gasteiger partial charge on any atom is -0.449 e. The molecule has 0 saturated heterocycles. The van der Waals surface area contributed by atoms with Gasteiger partial charge in [-0.15, -0.1) is 0 Å². The van der Waals surface area contributed by atoms with E-state index in [1.807, 2.05) is 12.1 Å². The molecule has 7 nitrogen and oxygen atoms in total. The largest absolute Gasteiger partial charge is 0.449 e. The molecule has 156 valence electrons. The lowest BCUT2D eigenvalue weighted by Crippen LogP contribution is -2.30. The highest BCUT2D eigenvalue weighted by atomic mass is 35.5. The Kier molecular flexibility index (Phi) is 5.88. The first-order valence-corrected chi connectivity index (χ1v) is 10.0. The van der Waals surface area contributed by atoms with Gasteiger partial charge in [-0.2, -0.15) is 0 Å². The van der Waals surface area contributed by atoms with Crippen molar-refractivity contribution in [2.45, 2.75) is 13.0 Å². The van der Waals surface area contributed by atoms with Gasteiger partial charge < -0.3 is 15.0 Å². The Morgan fingerprint density at radius 1 is 1.13 bits per heavy atom. The Morgan fingerprint density at radius 2 is 1.97 bits per heavy atom. The van der Waals surface area contributed by atoms with E-state index >= 15 is 0 Å². The van der Waals surface area contributed by atoms with Crippen LogP contribution in [0.3, 0.4) is 0 Å². The number of ether oxygens (including phenoxy) is 1. The second-order valence-corrected chi connectivity index (χ2v) is 7.56. The number of esters is 1. The van der Waals surface area contributed by atoms with Crippen molar-refractivity contribution in [2.75, 3.05) is 5.32 Å². The van der Waals surface area contributed by atoms with Gasteiger partial charge in [0.05, 0.1) is 27.3 Å². The summed E-state index contributed by atoms with van der Waals surface area (Å²) in [6.45, 7) is 1.47. The van der Waals surface area contributed by atoms with Gasteiger partial charge in [0.15, 0.2) is 6.10 Å². The molecule has 4 aromatic rings. The smallest absolute Gasteiger partial charge is 0.338 e. The number of rotatable bonds is 5. The monoisotopic (exact) mass is 454 g/mol. The molecule has 0 aliphatic carbocycles. The van der Waals surface area contributed by atoms with Crippen LogP contribution in [0.25, 0.3) is 22.4 Å². The summed E-state index contributed by atoms with van der Waals surface area (Å²) in [4.78, 5) is 36.7. The van der Waals surface area contributed by atoms with Crippen molar-refractivity contribution in [1.29, 1.82) is 0 Å². The molecule has 0 radical (unpaired) electrons. The lowest BCUT2D eigenvalue weighted by atomic mass is 10.2. The first kappa shape index (κ1) is 20.8. The lowest BCUT2D eigenvalue weighted by Gasteiger charge is -2.14. The summed E-state index contributed by atoms with van der Waals surface area (Å²) in [6.07, 6.45) is 2.32. The van der Waals surface area contributed by atoms with Crippen molar-refractivity contribution in [1.82, 2.24) is 15.0 Å². The van der Waals surface area contributed by atoms with Gasteiger partial charge in [0, 0.05) is 23.0 Å². The maximum Gasteiger partial charge on any atom is 0.338 e. The zero-order chi connectivity index (χ0) is 22.0. The van der Waals surface area contributed by atoms with Gasteiger partial charge >= 0.3 is 5.97 Å². The second-order valence-electron chi connectivity index (χ2n) is 6.72. The van der Waals surface area contributed by atoms with Gasteiger partial charge in [-0.1, -0.05) is 23.2 Å². The van der Waals surface area contributed by atoms with Crippen molar-refractivity contribution in [3.63, 3.8) is 0 Å². The molecule has 2 N–H and O–H groups in total. The average Bonchev–Trinajstić information content (AvgIpc) is 3.20. The molecule has 0 fully saturated rings. The summed E-state index contributed by atoms with van der Waals surface area (Å²) in [5.74, 6) is -0.530. The van der Waals surface area contributed by atoms with E-state index in [-0.39, 0.29) is 5.56 Å². The molecule has 4 rings (SSSR count). The number of imidazole rings is 1. The number of aromatic amines is 1. The Labute approximate surface area is 187 Å². The number of carbonyl (C=O) groups excluding carboxylic acids is 2. The van der Waals surface area contributed by atoms with E-state index in [9.17, 15) is 9.59 Å². The fourth-order valence-electron chi connectivity index (χ4n) is 2.89. The molecular weight excluding hydrogens is 439 g/mol. The third-order valence-corrected chi connectivity index (χ3v) is 5.06. The molecule has 0 saturated carbocycles. The zero-order valence-corrected chi connectivity index (χ0v) is 17.7. The van der Waals surface area contributed by atoms with Gasteiger partial charge in [-0.25, -0.2) is 9.78 Å². The fraction of sp³-hybridized carbons (Fsp3) is 0.0909. The average molecular weight is 455 g/mol. The maximum atomic E-state index is 12.6. The SMILES string of the molecule is CC(OC(=O)c1ccc2nc(-c3cccnc3)[nH]c2c1)C(=O)Nc1cc(Cl)ccc1Cl. The molecule has 1 amide bonds. The molecule has 2 aromatic heterocycles. The van der Waals surface area contributed by atoms with Crippen LogP contribution in [-0.2, 0) is 9.53 Å². The van der Waals surface area contributed by atoms with E-state index in [0.29, 0.717) is 32.6 Å². The summed E-state index contributed by atoms with van der Waals surface area (Å²) < 4.78 is 5.31. The highest BCUT2D eigenvalue weighted by Crippen LogP contribution is 2.26. The quantitative estimate of drug-likeness (QED) is 0.408. The van der Waals surface area contributed by atoms with Crippen molar-refractivity contribution in [2.24, 2.45) is 0 Å². The first-order valence-electron chi connectivity index (χ1n) is 9.28. The van der Waals surface area contributed by atoms with Crippen LogP contribution in [-0.4, -0.2) is 32.9 Å². The van der Waals surface area contributed by atoms with Gasteiger partial charge in [-0.05, 0) is 55.5 Å². The van der Waals surface area contributed by atoms with E-state index in [0.717, 1.165) is 5.56 Å². The van der Waals surface area contributed by atoms with E-state index in [4.69, 9.17) is 27.9 Å². The Balaban J connectivity index is 1.47. The standard InChI is InChI=1S/C22H16Cl2N4O3/c1-12(21(29)28-18-10-15(23)5-6-16(18)24)31-22(30)13-4-7-17-19(9-13)27-20(26-17)14-3-2-8-25-11-14/h2-12H,1H3,(H,26,27)(H,28,29). The molecule has 9 heteroatoms. The molecular formula is C22H16Cl2N4O3. The summed E-state index contributed by atoms with van der Waals surface area (Å²) in [6, 6.07) is 13.3. The third-order valence-electron chi connectivity index (χ3n) is 4.49. The Bertz CT molecular complexity index is 1270. The van der Waals surface area contributed by atoms with Crippen molar-refractivity contribution >= 4 is 51.8 Å². The van der Waals surface area contributed by atoms with E-state index in [1.54, 1.807) is 42.7 Å². The number of H-pyrrole nitrogens is 1. The van der Waals surface area contributed by atoms with Crippen LogP contribution in [0.2, 0.25) is 10.0 Å². The molecule has 0 aliphatic rings. The van der Waals surface area contributed by atoms with Crippen molar-refractivity contribution in [3.05, 3.63) is 76.5 Å². The highest BCUT2D eigenvalue weighted by molar-refractivity contribution is 6.35. The zero-order valence-electron chi connectivity index (χ0n) is 16.2. The van der Waals surface area contributed by atoms with E-state index < -0.39 is 18.0 Å². The van der Waals surface area contributed by atoms with Gasteiger partial charge in [0.1, 0.15) is 5.82 Å². The van der Waals surface area contributed by atoms with Gasteiger partial charge in [0.25, 0.3) is 5.91 Å². The molecule has 31 heavy (non-hydrogen) atoms. The molecule has 0 aliphatic heterocycles. The lowest BCUT2D eigenvalue weighted by molar-refractivity contribution is -0.123. The van der Waals surface area contributed by atoms with Crippen LogP contribution in [0, 0.1) is 0 Å². The second kappa shape index (κ2) is 8.75. The van der Waals surface area contributed by atoms with Gasteiger partial charge in [0.2, 0.25) is 0 Å². The summed E-state index contributed by atoms with van der Waals surface area (Å²) in [7, 11) is 0. The number of nitrogens with one attached hydrogen (secondary N) is 2. The maximum absolute atomic E-state index is 12.6. The number of pyridine rings is 1. The van der Waals surface area contributed by atoms with E-state index in [2.05, 4.69) is 20.3 Å². The van der Waals surface area contributed by atoms with Crippen molar-refractivity contribution in [3.8, 4) is 11.4 Å². The predicted octanol–water partition coefficient (Wildman–Crippen LogP) is 5.12. The topological polar surface area (TPSA) is 97.0 Å². The number of amides is 1. The van der Waals surface area contributed by atoms with Gasteiger partial charge in [-0.3, -0.25) is 9.78 Å².